The molecule has 0 bridgehead atoms. The molecule has 0 aliphatic carbocycles. The number of carbonyl (C=O) groups excluding carboxylic acids is 1. The molecule has 0 spiro atoms. The molecule has 0 radical (unpaired) electrons. The molecule has 0 aromatic rings. The van der Waals surface area contributed by atoms with E-state index in [1.54, 1.807) is 19.0 Å². The molecule has 0 saturated carbocycles. The van der Waals surface area contributed by atoms with E-state index in [4.69, 9.17) is 9.84 Å². The van der Waals surface area contributed by atoms with Crippen LogP contribution in [0.5, 0.6) is 0 Å². The number of aliphatic hydroxyl groups excluding tert-OH is 1. The number of rotatable bonds is 6. The molecular formula is C12H24N2O3. The Morgan fingerprint density at radius 3 is 2.59 bits per heavy atom. The van der Waals surface area contributed by atoms with Crippen LogP contribution in [0.15, 0.2) is 0 Å². The second-order valence-corrected chi connectivity index (χ2v) is 4.67. The lowest BCUT2D eigenvalue weighted by Gasteiger charge is -2.31. The van der Waals surface area contributed by atoms with Crippen LogP contribution in [0.4, 0.5) is 0 Å². The van der Waals surface area contributed by atoms with E-state index < -0.39 is 0 Å². The molecule has 1 heterocycles. The SMILES string of the molecule is CN(C)C(=O)CCN1CCC(OCCO)CC1. The Morgan fingerprint density at radius 2 is 2.06 bits per heavy atom. The lowest BCUT2D eigenvalue weighted by atomic mass is 10.1. The summed E-state index contributed by atoms with van der Waals surface area (Å²) in [7, 11) is 3.58. The van der Waals surface area contributed by atoms with Crippen LogP contribution in [0.3, 0.4) is 0 Å². The Morgan fingerprint density at radius 1 is 1.41 bits per heavy atom. The van der Waals surface area contributed by atoms with E-state index in [9.17, 15) is 4.79 Å². The molecule has 17 heavy (non-hydrogen) atoms. The molecule has 0 unspecified atom stereocenters. The third-order valence-corrected chi connectivity index (χ3v) is 3.12. The minimum absolute atomic E-state index is 0.0948. The highest BCUT2D eigenvalue weighted by Gasteiger charge is 2.19. The fourth-order valence-electron chi connectivity index (χ4n) is 2.00. The van der Waals surface area contributed by atoms with Gasteiger partial charge in [-0.25, -0.2) is 0 Å². The van der Waals surface area contributed by atoms with Crippen LogP contribution in [0, 0.1) is 0 Å². The number of hydrogen-bond donors (Lipinski definition) is 1. The molecule has 1 fully saturated rings. The fourth-order valence-corrected chi connectivity index (χ4v) is 2.00. The van der Waals surface area contributed by atoms with Gasteiger partial charge in [-0.2, -0.15) is 0 Å². The average molecular weight is 244 g/mol. The summed E-state index contributed by atoms with van der Waals surface area (Å²) in [5.41, 5.74) is 0. The van der Waals surface area contributed by atoms with Crippen molar-refractivity contribution in [3.8, 4) is 0 Å². The van der Waals surface area contributed by atoms with E-state index in [2.05, 4.69) is 4.90 Å². The van der Waals surface area contributed by atoms with Gasteiger partial charge in [0.1, 0.15) is 0 Å². The molecule has 1 rings (SSSR count). The van der Waals surface area contributed by atoms with Crippen LogP contribution >= 0.6 is 0 Å². The number of piperidine rings is 1. The molecule has 1 saturated heterocycles. The first kappa shape index (κ1) is 14.4. The number of aliphatic hydroxyl groups is 1. The van der Waals surface area contributed by atoms with E-state index >= 15 is 0 Å². The molecule has 1 N–H and O–H groups in total. The molecule has 0 atom stereocenters. The van der Waals surface area contributed by atoms with Gasteiger partial charge in [-0.15, -0.1) is 0 Å². The van der Waals surface area contributed by atoms with Gasteiger partial charge in [0.25, 0.3) is 0 Å². The number of carbonyl (C=O) groups is 1. The molecule has 0 aromatic carbocycles. The maximum Gasteiger partial charge on any atom is 0.223 e. The molecule has 1 amide bonds. The van der Waals surface area contributed by atoms with Crippen molar-refractivity contribution >= 4 is 5.91 Å². The van der Waals surface area contributed by atoms with E-state index in [0.29, 0.717) is 13.0 Å². The van der Waals surface area contributed by atoms with E-state index in [0.717, 1.165) is 32.5 Å². The largest absolute Gasteiger partial charge is 0.394 e. The Kier molecular flexibility index (Phi) is 6.47. The van der Waals surface area contributed by atoms with Gasteiger partial charge in [-0.05, 0) is 12.8 Å². The topological polar surface area (TPSA) is 53.0 Å². The second kappa shape index (κ2) is 7.63. The summed E-state index contributed by atoms with van der Waals surface area (Å²) in [6, 6.07) is 0. The smallest absolute Gasteiger partial charge is 0.223 e. The predicted molar refractivity (Wildman–Crippen MR) is 65.8 cm³/mol. The van der Waals surface area contributed by atoms with E-state index in [1.807, 2.05) is 0 Å². The quantitative estimate of drug-likeness (QED) is 0.711. The zero-order chi connectivity index (χ0) is 12.7. The summed E-state index contributed by atoms with van der Waals surface area (Å²) < 4.78 is 5.49. The third-order valence-electron chi connectivity index (χ3n) is 3.12. The zero-order valence-electron chi connectivity index (χ0n) is 10.9. The van der Waals surface area contributed by atoms with Crippen molar-refractivity contribution in [3.05, 3.63) is 0 Å². The summed E-state index contributed by atoms with van der Waals surface area (Å²) in [6.07, 6.45) is 2.87. The van der Waals surface area contributed by atoms with Crippen molar-refractivity contribution in [3.63, 3.8) is 0 Å². The monoisotopic (exact) mass is 244 g/mol. The molecule has 1 aliphatic heterocycles. The van der Waals surface area contributed by atoms with Crippen LogP contribution in [-0.4, -0.2) is 73.9 Å². The molecule has 5 nitrogen and oxygen atoms in total. The van der Waals surface area contributed by atoms with Crippen molar-refractivity contribution in [2.75, 3.05) is 46.9 Å². The van der Waals surface area contributed by atoms with Crippen molar-refractivity contribution in [2.24, 2.45) is 0 Å². The molecule has 5 heteroatoms. The highest BCUT2D eigenvalue weighted by atomic mass is 16.5. The van der Waals surface area contributed by atoms with Crippen molar-refractivity contribution in [2.45, 2.75) is 25.4 Å². The Balaban J connectivity index is 2.12. The fraction of sp³-hybridized carbons (Fsp3) is 0.917. The molecule has 1 aliphatic rings. The predicted octanol–water partition coefficient (Wildman–Crippen LogP) is -0.0620. The van der Waals surface area contributed by atoms with Crippen LogP contribution in [0.1, 0.15) is 19.3 Å². The van der Waals surface area contributed by atoms with Crippen molar-refractivity contribution in [1.29, 1.82) is 0 Å². The lowest BCUT2D eigenvalue weighted by molar-refractivity contribution is -0.129. The van der Waals surface area contributed by atoms with Crippen molar-refractivity contribution < 1.29 is 14.6 Å². The summed E-state index contributed by atoms with van der Waals surface area (Å²) in [6.45, 7) is 3.33. The highest BCUT2D eigenvalue weighted by Crippen LogP contribution is 2.13. The first-order chi connectivity index (χ1) is 8.13. The maximum atomic E-state index is 11.4. The van der Waals surface area contributed by atoms with Gasteiger partial charge in [0.2, 0.25) is 5.91 Å². The van der Waals surface area contributed by atoms with E-state index in [1.165, 1.54) is 0 Å². The van der Waals surface area contributed by atoms with Gasteiger partial charge < -0.3 is 19.6 Å². The summed E-state index contributed by atoms with van der Waals surface area (Å²) in [5.74, 6) is 0.184. The molecule has 100 valence electrons. The van der Waals surface area contributed by atoms with Gasteiger partial charge in [0.05, 0.1) is 19.3 Å². The Bertz CT molecular complexity index is 226. The van der Waals surface area contributed by atoms with Crippen LogP contribution in [0.25, 0.3) is 0 Å². The molecule has 0 aromatic heterocycles. The average Bonchev–Trinajstić information content (AvgIpc) is 2.34. The zero-order valence-corrected chi connectivity index (χ0v) is 10.9. The van der Waals surface area contributed by atoms with E-state index in [-0.39, 0.29) is 18.6 Å². The summed E-state index contributed by atoms with van der Waals surface area (Å²) in [5, 5.41) is 8.67. The number of nitrogens with zero attached hydrogens (tertiary/aromatic N) is 2. The van der Waals surface area contributed by atoms with Crippen LogP contribution < -0.4 is 0 Å². The highest BCUT2D eigenvalue weighted by molar-refractivity contribution is 5.75. The number of amides is 1. The van der Waals surface area contributed by atoms with Gasteiger partial charge in [0.15, 0.2) is 0 Å². The third kappa shape index (κ3) is 5.48. The van der Waals surface area contributed by atoms with Gasteiger partial charge in [-0.1, -0.05) is 0 Å². The summed E-state index contributed by atoms with van der Waals surface area (Å²) in [4.78, 5) is 15.4. The normalized spacial score (nSPS) is 18.3. The summed E-state index contributed by atoms with van der Waals surface area (Å²) >= 11 is 0. The minimum atomic E-state index is 0.0948. The van der Waals surface area contributed by atoms with Gasteiger partial charge in [0, 0.05) is 40.2 Å². The standard InChI is InChI=1S/C12H24N2O3/c1-13(2)12(16)5-8-14-6-3-11(4-7-14)17-10-9-15/h11,15H,3-10H2,1-2H3. The maximum absolute atomic E-state index is 11.4. The van der Waals surface area contributed by atoms with Crippen LogP contribution in [-0.2, 0) is 9.53 Å². The minimum Gasteiger partial charge on any atom is -0.394 e. The number of likely N-dealkylation sites (tertiary alicyclic amines) is 1. The Labute approximate surface area is 103 Å². The second-order valence-electron chi connectivity index (χ2n) is 4.67. The van der Waals surface area contributed by atoms with Gasteiger partial charge in [-0.3, -0.25) is 4.79 Å². The lowest BCUT2D eigenvalue weighted by Crippen LogP contribution is -2.39. The Hall–Kier alpha value is -0.650. The first-order valence-electron chi connectivity index (χ1n) is 6.28. The number of hydrogen-bond acceptors (Lipinski definition) is 4. The van der Waals surface area contributed by atoms with Gasteiger partial charge >= 0.3 is 0 Å². The van der Waals surface area contributed by atoms with Crippen LogP contribution in [0.2, 0.25) is 0 Å². The molecular weight excluding hydrogens is 220 g/mol. The first-order valence-corrected chi connectivity index (χ1v) is 6.28. The number of ether oxygens (including phenoxy) is 1. The van der Waals surface area contributed by atoms with Crippen molar-refractivity contribution in [1.82, 2.24) is 9.80 Å².